The molecule has 3 heteroatoms. The molecule has 3 nitrogen and oxygen atoms in total. The third-order valence-corrected chi connectivity index (χ3v) is 3.62. The first-order valence-corrected chi connectivity index (χ1v) is 6.21. The summed E-state index contributed by atoms with van der Waals surface area (Å²) in [6.07, 6.45) is 3.55. The van der Waals surface area contributed by atoms with Crippen molar-refractivity contribution in [2.45, 2.75) is 19.8 Å². The predicted molar refractivity (Wildman–Crippen MR) is 69.4 cm³/mol. The fourth-order valence-corrected chi connectivity index (χ4v) is 2.50. The molecule has 2 aromatic rings. The first-order chi connectivity index (χ1) is 8.63. The number of carboxylic acid groups (broad SMARTS) is 1. The third kappa shape index (κ3) is 2.08. The van der Waals surface area contributed by atoms with E-state index in [0.29, 0.717) is 5.92 Å². The summed E-state index contributed by atoms with van der Waals surface area (Å²) >= 11 is 0. The van der Waals surface area contributed by atoms with E-state index < -0.39 is 5.97 Å². The summed E-state index contributed by atoms with van der Waals surface area (Å²) < 4.78 is 0. The van der Waals surface area contributed by atoms with Crippen molar-refractivity contribution >= 4 is 16.9 Å². The molecule has 92 valence electrons. The van der Waals surface area contributed by atoms with Crippen LogP contribution >= 0.6 is 0 Å². The van der Waals surface area contributed by atoms with Crippen LogP contribution in [0.3, 0.4) is 0 Å². The Hall–Kier alpha value is -1.90. The van der Waals surface area contributed by atoms with Gasteiger partial charge in [0.05, 0.1) is 11.4 Å². The summed E-state index contributed by atoms with van der Waals surface area (Å²) in [7, 11) is 0. The number of aryl methyl sites for hydroxylation is 1. The fraction of sp³-hybridized carbons (Fsp3) is 0.333. The van der Waals surface area contributed by atoms with Gasteiger partial charge in [-0.25, -0.2) is 0 Å². The second-order valence-electron chi connectivity index (χ2n) is 5.18. The van der Waals surface area contributed by atoms with Gasteiger partial charge in [0, 0.05) is 11.6 Å². The van der Waals surface area contributed by atoms with Crippen molar-refractivity contribution < 1.29 is 9.90 Å². The number of aromatic nitrogens is 1. The normalized spacial score (nSPS) is 22.1. The van der Waals surface area contributed by atoms with Crippen LogP contribution < -0.4 is 0 Å². The number of rotatable bonds is 3. The van der Waals surface area contributed by atoms with Crippen molar-refractivity contribution in [3.8, 4) is 0 Å². The molecule has 3 rings (SSSR count). The van der Waals surface area contributed by atoms with Crippen molar-refractivity contribution in [2.24, 2.45) is 11.8 Å². The minimum Gasteiger partial charge on any atom is -0.481 e. The van der Waals surface area contributed by atoms with Gasteiger partial charge < -0.3 is 5.11 Å². The van der Waals surface area contributed by atoms with Crippen LogP contribution in [0.4, 0.5) is 0 Å². The number of hydrogen-bond acceptors (Lipinski definition) is 2. The summed E-state index contributed by atoms with van der Waals surface area (Å²) in [6, 6.07) is 8.32. The quantitative estimate of drug-likeness (QED) is 0.899. The molecule has 0 bridgehead atoms. The Balaban J connectivity index is 1.83. The average molecular weight is 241 g/mol. The monoisotopic (exact) mass is 241 g/mol. The van der Waals surface area contributed by atoms with E-state index in [-0.39, 0.29) is 5.92 Å². The smallest absolute Gasteiger partial charge is 0.306 e. The minimum absolute atomic E-state index is 0.128. The largest absolute Gasteiger partial charge is 0.481 e. The minimum atomic E-state index is -0.654. The number of fused-ring (bicyclic) bond motifs is 1. The van der Waals surface area contributed by atoms with Crippen LogP contribution in [0.1, 0.15) is 17.5 Å². The van der Waals surface area contributed by atoms with E-state index in [0.717, 1.165) is 29.3 Å². The number of aliphatic carboxylic acids is 1. The van der Waals surface area contributed by atoms with Gasteiger partial charge in [-0.05, 0) is 55.0 Å². The molecular formula is C15H15NO2. The van der Waals surface area contributed by atoms with E-state index in [2.05, 4.69) is 23.2 Å². The molecule has 2 unspecified atom stereocenters. The molecule has 0 radical (unpaired) electrons. The van der Waals surface area contributed by atoms with Gasteiger partial charge in [-0.3, -0.25) is 9.78 Å². The van der Waals surface area contributed by atoms with Crippen LogP contribution in [0.5, 0.6) is 0 Å². The number of carboxylic acids is 1. The molecule has 2 atom stereocenters. The highest BCUT2D eigenvalue weighted by Gasteiger charge is 2.42. The molecule has 1 aromatic heterocycles. The number of hydrogen-bond donors (Lipinski definition) is 1. The number of pyridine rings is 1. The molecule has 1 heterocycles. The Morgan fingerprint density at radius 1 is 1.44 bits per heavy atom. The Labute approximate surface area is 105 Å². The maximum atomic E-state index is 10.8. The van der Waals surface area contributed by atoms with Gasteiger partial charge in [-0.1, -0.05) is 6.07 Å². The van der Waals surface area contributed by atoms with E-state index in [1.165, 1.54) is 5.56 Å². The standard InChI is InChI=1S/C15H15NO2/c1-9-4-12-6-10(2-3-14(12)16-8-9)5-11-7-13(11)15(17)18/h2-4,6,8,11,13H,5,7H2,1H3,(H,17,18). The Kier molecular flexibility index (Phi) is 2.54. The molecule has 0 aliphatic heterocycles. The van der Waals surface area contributed by atoms with Crippen molar-refractivity contribution in [1.29, 1.82) is 0 Å². The van der Waals surface area contributed by atoms with E-state index in [9.17, 15) is 4.79 Å². The summed E-state index contributed by atoms with van der Waals surface area (Å²) in [5.74, 6) is -0.465. The molecule has 1 aliphatic carbocycles. The molecule has 1 N–H and O–H groups in total. The van der Waals surface area contributed by atoms with Gasteiger partial charge in [-0.2, -0.15) is 0 Å². The maximum absolute atomic E-state index is 10.8. The Morgan fingerprint density at radius 3 is 3.00 bits per heavy atom. The second kappa shape index (κ2) is 4.09. The van der Waals surface area contributed by atoms with Crippen LogP contribution in [0.15, 0.2) is 30.5 Å². The highest BCUT2D eigenvalue weighted by molar-refractivity contribution is 5.79. The molecule has 18 heavy (non-hydrogen) atoms. The lowest BCUT2D eigenvalue weighted by Gasteiger charge is -2.03. The zero-order valence-electron chi connectivity index (χ0n) is 10.3. The van der Waals surface area contributed by atoms with Crippen LogP contribution in [0, 0.1) is 18.8 Å². The topological polar surface area (TPSA) is 50.2 Å². The van der Waals surface area contributed by atoms with Crippen molar-refractivity contribution in [2.75, 3.05) is 0 Å². The van der Waals surface area contributed by atoms with Gasteiger partial charge in [0.2, 0.25) is 0 Å². The van der Waals surface area contributed by atoms with Crippen LogP contribution in [-0.2, 0) is 11.2 Å². The molecule has 1 fully saturated rings. The van der Waals surface area contributed by atoms with Crippen molar-refractivity contribution in [1.82, 2.24) is 4.98 Å². The van der Waals surface area contributed by atoms with Gasteiger partial charge in [0.25, 0.3) is 0 Å². The zero-order chi connectivity index (χ0) is 12.7. The molecule has 1 saturated carbocycles. The van der Waals surface area contributed by atoms with Gasteiger partial charge >= 0.3 is 5.97 Å². The molecule has 1 aromatic carbocycles. The van der Waals surface area contributed by atoms with Crippen LogP contribution in [0.25, 0.3) is 10.9 Å². The molecule has 1 aliphatic rings. The summed E-state index contributed by atoms with van der Waals surface area (Å²) in [4.78, 5) is 15.2. The summed E-state index contributed by atoms with van der Waals surface area (Å²) in [6.45, 7) is 2.03. The van der Waals surface area contributed by atoms with Gasteiger partial charge in [0.15, 0.2) is 0 Å². The molecule has 0 spiro atoms. The lowest BCUT2D eigenvalue weighted by Crippen LogP contribution is -2.01. The third-order valence-electron chi connectivity index (χ3n) is 3.62. The summed E-state index contributed by atoms with van der Waals surface area (Å²) in [5, 5.41) is 10.0. The number of nitrogens with zero attached hydrogens (tertiary/aromatic N) is 1. The number of benzene rings is 1. The fourth-order valence-electron chi connectivity index (χ4n) is 2.50. The second-order valence-corrected chi connectivity index (χ2v) is 5.18. The Bertz CT molecular complexity index is 621. The van der Waals surface area contributed by atoms with Crippen molar-refractivity contribution in [3.63, 3.8) is 0 Å². The van der Waals surface area contributed by atoms with E-state index in [1.54, 1.807) is 0 Å². The predicted octanol–water partition coefficient (Wildman–Crippen LogP) is 2.81. The summed E-state index contributed by atoms with van der Waals surface area (Å²) in [5.41, 5.74) is 3.35. The lowest BCUT2D eigenvalue weighted by molar-refractivity contribution is -0.138. The van der Waals surface area contributed by atoms with Gasteiger partial charge in [0.1, 0.15) is 0 Å². The molecule has 0 saturated heterocycles. The average Bonchev–Trinajstić information content (AvgIpc) is 3.08. The first kappa shape index (κ1) is 11.2. The molecule has 0 amide bonds. The van der Waals surface area contributed by atoms with Crippen molar-refractivity contribution in [3.05, 3.63) is 41.6 Å². The SMILES string of the molecule is Cc1cnc2ccc(CC3CC3C(=O)O)cc2c1. The van der Waals surface area contributed by atoms with Crippen LogP contribution in [0.2, 0.25) is 0 Å². The first-order valence-electron chi connectivity index (χ1n) is 6.21. The Morgan fingerprint density at radius 2 is 2.28 bits per heavy atom. The lowest BCUT2D eigenvalue weighted by atomic mass is 10.0. The van der Waals surface area contributed by atoms with E-state index >= 15 is 0 Å². The molecular weight excluding hydrogens is 226 g/mol. The van der Waals surface area contributed by atoms with Gasteiger partial charge in [-0.15, -0.1) is 0 Å². The highest BCUT2D eigenvalue weighted by atomic mass is 16.4. The maximum Gasteiger partial charge on any atom is 0.306 e. The number of carbonyl (C=O) groups is 1. The highest BCUT2D eigenvalue weighted by Crippen LogP contribution is 2.41. The zero-order valence-corrected chi connectivity index (χ0v) is 10.3. The van der Waals surface area contributed by atoms with E-state index in [4.69, 9.17) is 5.11 Å². The van der Waals surface area contributed by atoms with E-state index in [1.807, 2.05) is 19.2 Å². The van der Waals surface area contributed by atoms with Crippen LogP contribution in [-0.4, -0.2) is 16.1 Å².